The van der Waals surface area contributed by atoms with Gasteiger partial charge in [0.2, 0.25) is 0 Å². The predicted molar refractivity (Wildman–Crippen MR) is 115 cm³/mol. The van der Waals surface area contributed by atoms with Gasteiger partial charge in [0.05, 0.1) is 0 Å². The Bertz CT molecular complexity index is 506. The first kappa shape index (κ1) is 19.6. The fraction of sp³-hybridized carbons (Fsp3) is 0.750. The zero-order valence-electron chi connectivity index (χ0n) is 17.4. The number of hydrogen-bond acceptors (Lipinski definition) is 2. The van der Waals surface area contributed by atoms with Crippen LogP contribution in [0.25, 0.3) is 0 Å². The first-order chi connectivity index (χ1) is 12.5. The first-order valence-corrected chi connectivity index (χ1v) is 11.1. The summed E-state index contributed by atoms with van der Waals surface area (Å²) in [5.74, 6) is 1.72. The van der Waals surface area contributed by atoms with Crippen LogP contribution in [0.3, 0.4) is 0 Å². The minimum absolute atomic E-state index is 0.184. The lowest BCUT2D eigenvalue weighted by Gasteiger charge is -2.26. The van der Waals surface area contributed by atoms with Crippen molar-refractivity contribution in [3.05, 3.63) is 23.8 Å². The van der Waals surface area contributed by atoms with E-state index in [1.807, 2.05) is 0 Å². The molecule has 0 amide bonds. The van der Waals surface area contributed by atoms with Gasteiger partial charge in [0, 0.05) is 24.5 Å². The topological polar surface area (TPSA) is 24.1 Å². The van der Waals surface area contributed by atoms with Crippen LogP contribution in [0, 0.1) is 11.8 Å². The summed E-state index contributed by atoms with van der Waals surface area (Å²) in [7, 11) is 0. The molecule has 2 heteroatoms. The summed E-state index contributed by atoms with van der Waals surface area (Å²) in [6.45, 7) is 9.22. The van der Waals surface area contributed by atoms with Gasteiger partial charge in [0.25, 0.3) is 0 Å². The van der Waals surface area contributed by atoms with Gasteiger partial charge in [-0.1, -0.05) is 59.3 Å². The molecule has 146 valence electrons. The average molecular weight is 357 g/mol. The molecule has 0 bridgehead atoms. The first-order valence-electron chi connectivity index (χ1n) is 11.1. The van der Waals surface area contributed by atoms with Crippen LogP contribution >= 0.6 is 0 Å². The van der Waals surface area contributed by atoms with Crippen LogP contribution in [0.15, 0.2) is 18.2 Å². The fourth-order valence-corrected chi connectivity index (χ4v) is 4.57. The highest BCUT2D eigenvalue weighted by molar-refractivity contribution is 5.60. The molecule has 2 fully saturated rings. The van der Waals surface area contributed by atoms with Crippen LogP contribution in [0.1, 0.15) is 90.5 Å². The normalized spacial score (nSPS) is 20.1. The highest BCUT2D eigenvalue weighted by atomic mass is 14.9. The van der Waals surface area contributed by atoms with Crippen LogP contribution in [-0.4, -0.2) is 13.1 Å². The van der Waals surface area contributed by atoms with Crippen LogP contribution in [0.5, 0.6) is 0 Å². The fourth-order valence-electron chi connectivity index (χ4n) is 4.57. The summed E-state index contributed by atoms with van der Waals surface area (Å²) in [5, 5.41) is 7.53. The van der Waals surface area contributed by atoms with E-state index in [0.717, 1.165) is 24.9 Å². The van der Waals surface area contributed by atoms with Gasteiger partial charge < -0.3 is 10.6 Å². The molecule has 0 saturated heterocycles. The summed E-state index contributed by atoms with van der Waals surface area (Å²) in [5.41, 5.74) is 4.21. The molecule has 0 unspecified atom stereocenters. The van der Waals surface area contributed by atoms with E-state index in [2.05, 4.69) is 49.6 Å². The van der Waals surface area contributed by atoms with Crippen LogP contribution in [-0.2, 0) is 5.41 Å². The Morgan fingerprint density at radius 2 is 1.12 bits per heavy atom. The van der Waals surface area contributed by atoms with Gasteiger partial charge in [0.15, 0.2) is 0 Å². The van der Waals surface area contributed by atoms with Crippen molar-refractivity contribution < 1.29 is 0 Å². The molecule has 0 aliphatic heterocycles. The average Bonchev–Trinajstić information content (AvgIpc) is 2.66. The van der Waals surface area contributed by atoms with E-state index < -0.39 is 0 Å². The molecule has 2 aliphatic carbocycles. The number of anilines is 2. The maximum Gasteiger partial charge on any atom is 0.0363 e. The van der Waals surface area contributed by atoms with E-state index >= 15 is 0 Å². The zero-order valence-corrected chi connectivity index (χ0v) is 17.4. The van der Waals surface area contributed by atoms with Crippen molar-refractivity contribution in [2.75, 3.05) is 23.7 Å². The van der Waals surface area contributed by atoms with Crippen molar-refractivity contribution in [2.45, 2.75) is 90.4 Å². The van der Waals surface area contributed by atoms with Crippen molar-refractivity contribution in [3.8, 4) is 0 Å². The third-order valence-electron chi connectivity index (χ3n) is 6.44. The molecule has 0 atom stereocenters. The molecule has 2 saturated carbocycles. The summed E-state index contributed by atoms with van der Waals surface area (Å²) >= 11 is 0. The van der Waals surface area contributed by atoms with Crippen LogP contribution < -0.4 is 10.6 Å². The summed E-state index contributed by atoms with van der Waals surface area (Å²) < 4.78 is 0. The second-order valence-corrected chi connectivity index (χ2v) is 9.82. The second-order valence-electron chi connectivity index (χ2n) is 9.82. The molecule has 0 radical (unpaired) electrons. The van der Waals surface area contributed by atoms with Crippen molar-refractivity contribution in [3.63, 3.8) is 0 Å². The Morgan fingerprint density at radius 3 is 1.50 bits per heavy atom. The highest BCUT2D eigenvalue weighted by Crippen LogP contribution is 2.31. The van der Waals surface area contributed by atoms with Crippen LogP contribution in [0.4, 0.5) is 11.4 Å². The molecular weight excluding hydrogens is 316 g/mol. The smallest absolute Gasteiger partial charge is 0.0363 e. The summed E-state index contributed by atoms with van der Waals surface area (Å²) in [4.78, 5) is 0. The minimum atomic E-state index is 0.184. The lowest BCUT2D eigenvalue weighted by molar-refractivity contribution is 0.373. The lowest BCUT2D eigenvalue weighted by Crippen LogP contribution is -2.19. The molecule has 2 aliphatic rings. The molecular formula is C24H40N2. The predicted octanol–water partition coefficient (Wildman–Crippen LogP) is 6.97. The van der Waals surface area contributed by atoms with Crippen molar-refractivity contribution in [1.29, 1.82) is 0 Å². The molecule has 0 spiro atoms. The third-order valence-corrected chi connectivity index (χ3v) is 6.44. The van der Waals surface area contributed by atoms with Crippen molar-refractivity contribution >= 4 is 11.4 Å². The number of benzene rings is 1. The Morgan fingerprint density at radius 1 is 0.692 bits per heavy atom. The number of rotatable bonds is 6. The van der Waals surface area contributed by atoms with Crippen molar-refractivity contribution in [2.24, 2.45) is 11.8 Å². The SMILES string of the molecule is CC(C)(C)c1cc(NCC2CCCCC2)cc(NCC2CCCCC2)c1. The van der Waals surface area contributed by atoms with E-state index in [0.29, 0.717) is 0 Å². The maximum atomic E-state index is 3.77. The van der Waals surface area contributed by atoms with Gasteiger partial charge in [-0.2, -0.15) is 0 Å². The van der Waals surface area contributed by atoms with Gasteiger partial charge in [-0.25, -0.2) is 0 Å². The summed E-state index contributed by atoms with van der Waals surface area (Å²) in [6, 6.07) is 7.07. The summed E-state index contributed by atoms with van der Waals surface area (Å²) in [6.07, 6.45) is 14.2. The zero-order chi connectivity index (χ0) is 18.4. The Hall–Kier alpha value is -1.18. The molecule has 0 heterocycles. The van der Waals surface area contributed by atoms with E-state index in [9.17, 15) is 0 Å². The largest absolute Gasteiger partial charge is 0.385 e. The molecule has 2 nitrogen and oxygen atoms in total. The standard InChI is InChI=1S/C24H40N2/c1-24(2,3)21-14-22(25-17-19-10-6-4-7-11-19)16-23(15-21)26-18-20-12-8-5-9-13-20/h14-16,19-20,25-26H,4-13,17-18H2,1-3H3. The van der Waals surface area contributed by atoms with E-state index in [1.165, 1.54) is 81.1 Å². The Kier molecular flexibility index (Phi) is 6.89. The van der Waals surface area contributed by atoms with Crippen molar-refractivity contribution in [1.82, 2.24) is 0 Å². The number of nitrogens with one attached hydrogen (secondary N) is 2. The Labute approximate surface area is 161 Å². The highest BCUT2D eigenvalue weighted by Gasteiger charge is 2.18. The lowest BCUT2D eigenvalue weighted by atomic mass is 9.86. The van der Waals surface area contributed by atoms with E-state index in [-0.39, 0.29) is 5.41 Å². The minimum Gasteiger partial charge on any atom is -0.385 e. The Balaban J connectivity index is 1.64. The molecule has 1 aromatic carbocycles. The molecule has 3 rings (SSSR count). The van der Waals surface area contributed by atoms with E-state index in [4.69, 9.17) is 0 Å². The molecule has 1 aromatic rings. The van der Waals surface area contributed by atoms with Crippen LogP contribution in [0.2, 0.25) is 0 Å². The van der Waals surface area contributed by atoms with Gasteiger partial charge >= 0.3 is 0 Å². The maximum absolute atomic E-state index is 3.77. The van der Waals surface area contributed by atoms with Gasteiger partial charge in [-0.05, 0) is 66.7 Å². The van der Waals surface area contributed by atoms with Gasteiger partial charge in [-0.3, -0.25) is 0 Å². The second kappa shape index (κ2) is 9.15. The monoisotopic (exact) mass is 356 g/mol. The molecule has 26 heavy (non-hydrogen) atoms. The molecule has 2 N–H and O–H groups in total. The molecule has 0 aromatic heterocycles. The van der Waals surface area contributed by atoms with E-state index in [1.54, 1.807) is 0 Å². The quantitative estimate of drug-likeness (QED) is 0.575. The number of hydrogen-bond donors (Lipinski definition) is 2. The van der Waals surface area contributed by atoms with Gasteiger partial charge in [0.1, 0.15) is 0 Å². The third kappa shape index (κ3) is 5.93. The van der Waals surface area contributed by atoms with Gasteiger partial charge in [-0.15, -0.1) is 0 Å².